The zero-order valence-corrected chi connectivity index (χ0v) is 10.6. The van der Waals surface area contributed by atoms with Crippen LogP contribution >= 0.6 is 0 Å². The number of para-hydroxylation sites is 1. The number of benzene rings is 1. The van der Waals surface area contributed by atoms with E-state index in [-0.39, 0.29) is 11.3 Å². The second-order valence-corrected chi connectivity index (χ2v) is 4.07. The molecule has 0 bridgehead atoms. The standard InChI is InChI=1S/C13H14N4O2/c1-8-7-9(2)15-13(14-8)17-16-12(19)10-5-3-4-6-11(10)18/h3-7,18H,1-2H3,(H,16,19)(H,14,15,17). The lowest BCUT2D eigenvalue weighted by Crippen LogP contribution is -2.30. The van der Waals surface area contributed by atoms with Crippen LogP contribution in [-0.2, 0) is 0 Å². The summed E-state index contributed by atoms with van der Waals surface area (Å²) in [6, 6.07) is 8.11. The van der Waals surface area contributed by atoms with Gasteiger partial charge < -0.3 is 5.11 Å². The van der Waals surface area contributed by atoms with E-state index in [9.17, 15) is 9.90 Å². The fourth-order valence-electron chi connectivity index (χ4n) is 1.63. The number of aromatic nitrogens is 2. The molecule has 1 aromatic carbocycles. The van der Waals surface area contributed by atoms with Crippen molar-refractivity contribution in [3.63, 3.8) is 0 Å². The third kappa shape index (κ3) is 3.19. The lowest BCUT2D eigenvalue weighted by molar-refractivity contribution is 0.0959. The van der Waals surface area contributed by atoms with Crippen LogP contribution in [0.1, 0.15) is 21.7 Å². The van der Waals surface area contributed by atoms with E-state index in [0.29, 0.717) is 5.95 Å². The maximum atomic E-state index is 11.8. The minimum absolute atomic E-state index is 0.0804. The molecular formula is C13H14N4O2. The molecule has 0 aliphatic heterocycles. The summed E-state index contributed by atoms with van der Waals surface area (Å²) in [6.07, 6.45) is 0. The van der Waals surface area contributed by atoms with Crippen LogP contribution in [0, 0.1) is 13.8 Å². The molecule has 19 heavy (non-hydrogen) atoms. The van der Waals surface area contributed by atoms with E-state index >= 15 is 0 Å². The van der Waals surface area contributed by atoms with Crippen molar-refractivity contribution in [2.24, 2.45) is 0 Å². The summed E-state index contributed by atoms with van der Waals surface area (Å²) >= 11 is 0. The van der Waals surface area contributed by atoms with Crippen molar-refractivity contribution >= 4 is 11.9 Å². The van der Waals surface area contributed by atoms with Crippen LogP contribution in [0.25, 0.3) is 0 Å². The van der Waals surface area contributed by atoms with Gasteiger partial charge in [0.25, 0.3) is 5.91 Å². The second-order valence-electron chi connectivity index (χ2n) is 4.07. The van der Waals surface area contributed by atoms with Gasteiger partial charge in [-0.1, -0.05) is 12.1 Å². The van der Waals surface area contributed by atoms with Crippen molar-refractivity contribution in [3.8, 4) is 5.75 Å². The highest BCUT2D eigenvalue weighted by Gasteiger charge is 2.10. The summed E-state index contributed by atoms with van der Waals surface area (Å²) in [4.78, 5) is 20.1. The van der Waals surface area contributed by atoms with Crippen LogP contribution in [0.2, 0.25) is 0 Å². The minimum atomic E-state index is -0.458. The molecule has 0 unspecified atom stereocenters. The van der Waals surface area contributed by atoms with Gasteiger partial charge in [-0.15, -0.1) is 0 Å². The molecule has 1 heterocycles. The van der Waals surface area contributed by atoms with Gasteiger partial charge in [-0.25, -0.2) is 9.97 Å². The lowest BCUT2D eigenvalue weighted by Gasteiger charge is -2.09. The summed E-state index contributed by atoms with van der Waals surface area (Å²) < 4.78 is 0. The SMILES string of the molecule is Cc1cc(C)nc(NNC(=O)c2ccccc2O)n1. The predicted octanol–water partition coefficient (Wildman–Crippen LogP) is 1.56. The first-order chi connectivity index (χ1) is 9.06. The number of amides is 1. The number of anilines is 1. The molecule has 0 fully saturated rings. The molecule has 2 rings (SSSR count). The van der Waals surface area contributed by atoms with Crippen LogP contribution in [0.4, 0.5) is 5.95 Å². The Morgan fingerprint density at radius 2 is 1.79 bits per heavy atom. The molecule has 1 amide bonds. The Labute approximate surface area is 110 Å². The molecule has 0 radical (unpaired) electrons. The first kappa shape index (κ1) is 12.8. The van der Waals surface area contributed by atoms with Crippen molar-refractivity contribution in [3.05, 3.63) is 47.3 Å². The number of aromatic hydroxyl groups is 1. The molecule has 6 heteroatoms. The van der Waals surface area contributed by atoms with Gasteiger partial charge in [-0.2, -0.15) is 0 Å². The maximum absolute atomic E-state index is 11.8. The van der Waals surface area contributed by atoms with Gasteiger partial charge in [-0.05, 0) is 32.0 Å². The van der Waals surface area contributed by atoms with E-state index in [1.165, 1.54) is 12.1 Å². The van der Waals surface area contributed by atoms with Crippen molar-refractivity contribution in [2.75, 3.05) is 5.43 Å². The van der Waals surface area contributed by atoms with E-state index in [2.05, 4.69) is 20.8 Å². The Bertz CT molecular complexity index is 593. The molecule has 98 valence electrons. The lowest BCUT2D eigenvalue weighted by atomic mass is 10.2. The number of phenolic OH excluding ortho intramolecular Hbond substituents is 1. The fourth-order valence-corrected chi connectivity index (χ4v) is 1.63. The molecule has 6 nitrogen and oxygen atoms in total. The smallest absolute Gasteiger partial charge is 0.273 e. The van der Waals surface area contributed by atoms with Gasteiger partial charge in [0, 0.05) is 11.4 Å². The number of aryl methyl sites for hydroxylation is 2. The normalized spacial score (nSPS) is 10.0. The molecule has 0 aliphatic rings. The monoisotopic (exact) mass is 258 g/mol. The van der Waals surface area contributed by atoms with Crippen LogP contribution < -0.4 is 10.9 Å². The summed E-state index contributed by atoms with van der Waals surface area (Å²) in [6.45, 7) is 3.68. The first-order valence-corrected chi connectivity index (χ1v) is 5.73. The summed E-state index contributed by atoms with van der Waals surface area (Å²) in [5, 5.41) is 9.55. The molecule has 0 saturated carbocycles. The molecule has 1 aromatic heterocycles. The topological polar surface area (TPSA) is 87.1 Å². The Balaban J connectivity index is 2.07. The van der Waals surface area contributed by atoms with Crippen LogP contribution in [0.15, 0.2) is 30.3 Å². The van der Waals surface area contributed by atoms with E-state index in [0.717, 1.165) is 11.4 Å². The molecule has 2 aromatic rings. The highest BCUT2D eigenvalue weighted by atomic mass is 16.3. The molecule has 0 aliphatic carbocycles. The average molecular weight is 258 g/mol. The van der Waals surface area contributed by atoms with E-state index < -0.39 is 5.91 Å². The molecule has 0 atom stereocenters. The van der Waals surface area contributed by atoms with Crippen molar-refractivity contribution in [2.45, 2.75) is 13.8 Å². The van der Waals surface area contributed by atoms with Gasteiger partial charge in [0.1, 0.15) is 5.75 Å². The molecule has 3 N–H and O–H groups in total. The minimum Gasteiger partial charge on any atom is -0.507 e. The Hall–Kier alpha value is -2.63. The quantitative estimate of drug-likeness (QED) is 0.727. The van der Waals surface area contributed by atoms with E-state index in [4.69, 9.17) is 0 Å². The van der Waals surface area contributed by atoms with E-state index in [1.54, 1.807) is 12.1 Å². The zero-order valence-electron chi connectivity index (χ0n) is 10.6. The Kier molecular flexibility index (Phi) is 3.61. The Morgan fingerprint density at radius 3 is 2.42 bits per heavy atom. The number of carbonyl (C=O) groups excluding carboxylic acids is 1. The first-order valence-electron chi connectivity index (χ1n) is 5.73. The third-order valence-electron chi connectivity index (χ3n) is 2.42. The number of hydrogen-bond acceptors (Lipinski definition) is 5. The van der Waals surface area contributed by atoms with Crippen LogP contribution in [0.3, 0.4) is 0 Å². The molecule has 0 spiro atoms. The largest absolute Gasteiger partial charge is 0.507 e. The number of nitrogens with zero attached hydrogens (tertiary/aromatic N) is 2. The maximum Gasteiger partial charge on any atom is 0.273 e. The summed E-state index contributed by atoms with van der Waals surface area (Å²) in [7, 11) is 0. The van der Waals surface area contributed by atoms with Crippen LogP contribution in [-0.4, -0.2) is 21.0 Å². The average Bonchev–Trinajstić information content (AvgIpc) is 2.35. The second kappa shape index (κ2) is 5.34. The van der Waals surface area contributed by atoms with Crippen molar-refractivity contribution < 1.29 is 9.90 Å². The Morgan fingerprint density at radius 1 is 1.16 bits per heavy atom. The fraction of sp³-hybridized carbons (Fsp3) is 0.154. The van der Waals surface area contributed by atoms with Gasteiger partial charge in [-0.3, -0.25) is 15.6 Å². The number of hydrazine groups is 1. The molecular weight excluding hydrogens is 244 g/mol. The van der Waals surface area contributed by atoms with Gasteiger partial charge in [0.05, 0.1) is 5.56 Å². The summed E-state index contributed by atoms with van der Waals surface area (Å²) in [5.41, 5.74) is 6.83. The van der Waals surface area contributed by atoms with Gasteiger partial charge in [0.2, 0.25) is 5.95 Å². The zero-order chi connectivity index (χ0) is 13.8. The summed E-state index contributed by atoms with van der Waals surface area (Å²) in [5.74, 6) is -0.231. The third-order valence-corrected chi connectivity index (χ3v) is 2.42. The highest BCUT2D eigenvalue weighted by molar-refractivity contribution is 5.97. The number of nitrogens with one attached hydrogen (secondary N) is 2. The molecule has 0 saturated heterocycles. The van der Waals surface area contributed by atoms with Gasteiger partial charge in [0.15, 0.2) is 0 Å². The number of rotatable bonds is 3. The van der Waals surface area contributed by atoms with Gasteiger partial charge >= 0.3 is 0 Å². The number of phenols is 1. The highest BCUT2D eigenvalue weighted by Crippen LogP contribution is 2.14. The van der Waals surface area contributed by atoms with Crippen molar-refractivity contribution in [1.29, 1.82) is 0 Å². The number of hydrogen-bond donors (Lipinski definition) is 3. The predicted molar refractivity (Wildman–Crippen MR) is 70.7 cm³/mol. The number of carbonyl (C=O) groups is 1. The van der Waals surface area contributed by atoms with Crippen molar-refractivity contribution in [1.82, 2.24) is 15.4 Å². The van der Waals surface area contributed by atoms with Crippen LogP contribution in [0.5, 0.6) is 5.75 Å². The van der Waals surface area contributed by atoms with E-state index in [1.807, 2.05) is 19.9 Å².